The Labute approximate surface area is 123 Å². The van der Waals surface area contributed by atoms with Crippen LogP contribution in [-0.2, 0) is 14.9 Å². The van der Waals surface area contributed by atoms with Gasteiger partial charge >= 0.3 is 11.9 Å². The molecule has 1 heterocycles. The fourth-order valence-corrected chi connectivity index (χ4v) is 2.17. The van der Waals surface area contributed by atoms with Crippen molar-refractivity contribution < 1.29 is 19.1 Å². The first-order chi connectivity index (χ1) is 9.77. The van der Waals surface area contributed by atoms with Crippen molar-refractivity contribution in [1.82, 2.24) is 4.98 Å². The molecule has 0 spiro atoms. The van der Waals surface area contributed by atoms with Gasteiger partial charge in [-0.05, 0) is 29.2 Å². The molecular weight excluding hydrogens is 270 g/mol. The molecule has 0 bridgehead atoms. The van der Waals surface area contributed by atoms with E-state index in [4.69, 9.17) is 9.47 Å². The minimum Gasteiger partial charge on any atom is -0.465 e. The van der Waals surface area contributed by atoms with Crippen LogP contribution in [0.3, 0.4) is 0 Å². The largest absolute Gasteiger partial charge is 0.465 e. The van der Waals surface area contributed by atoms with Gasteiger partial charge in [-0.1, -0.05) is 20.8 Å². The number of methoxy groups -OCH3 is 2. The van der Waals surface area contributed by atoms with Crippen LogP contribution in [0.5, 0.6) is 0 Å². The first-order valence-corrected chi connectivity index (χ1v) is 6.62. The molecule has 112 valence electrons. The molecular formula is C16H19NO4. The van der Waals surface area contributed by atoms with Crippen molar-refractivity contribution in [3.05, 3.63) is 35.0 Å². The Kier molecular flexibility index (Phi) is 3.77. The molecule has 0 aliphatic heterocycles. The Balaban J connectivity index is 2.74. The summed E-state index contributed by atoms with van der Waals surface area (Å²) in [7, 11) is 2.65. The zero-order valence-electron chi connectivity index (χ0n) is 12.9. The van der Waals surface area contributed by atoms with Crippen LogP contribution in [0.4, 0.5) is 0 Å². The summed E-state index contributed by atoms with van der Waals surface area (Å²) in [5.41, 5.74) is 2.31. The van der Waals surface area contributed by atoms with E-state index in [-0.39, 0.29) is 5.41 Å². The van der Waals surface area contributed by atoms with Gasteiger partial charge in [0, 0.05) is 10.9 Å². The maximum Gasteiger partial charge on any atom is 0.354 e. The smallest absolute Gasteiger partial charge is 0.354 e. The van der Waals surface area contributed by atoms with E-state index >= 15 is 0 Å². The number of esters is 2. The number of aromatic amines is 1. The zero-order chi connectivity index (χ0) is 15.8. The topological polar surface area (TPSA) is 68.4 Å². The minimum absolute atomic E-state index is 0.131. The molecule has 0 saturated heterocycles. The second kappa shape index (κ2) is 5.24. The van der Waals surface area contributed by atoms with Gasteiger partial charge in [-0.25, -0.2) is 9.59 Å². The van der Waals surface area contributed by atoms with Crippen molar-refractivity contribution >= 4 is 22.8 Å². The van der Waals surface area contributed by atoms with Crippen LogP contribution in [0.25, 0.3) is 10.9 Å². The molecule has 5 nitrogen and oxygen atoms in total. The molecule has 2 rings (SSSR count). The lowest BCUT2D eigenvalue weighted by molar-refractivity contribution is 0.0588. The van der Waals surface area contributed by atoms with E-state index in [2.05, 4.69) is 25.8 Å². The van der Waals surface area contributed by atoms with Gasteiger partial charge in [-0.3, -0.25) is 0 Å². The second-order valence-corrected chi connectivity index (χ2v) is 5.90. The van der Waals surface area contributed by atoms with Gasteiger partial charge in [-0.15, -0.1) is 0 Å². The van der Waals surface area contributed by atoms with Crippen LogP contribution < -0.4 is 0 Å². The molecule has 0 radical (unpaired) electrons. The van der Waals surface area contributed by atoms with Crippen LogP contribution in [-0.4, -0.2) is 31.1 Å². The summed E-state index contributed by atoms with van der Waals surface area (Å²) < 4.78 is 9.54. The van der Waals surface area contributed by atoms with Crippen molar-refractivity contribution in [1.29, 1.82) is 0 Å². The van der Waals surface area contributed by atoms with Gasteiger partial charge in [0.05, 0.1) is 19.8 Å². The number of hydrogen-bond donors (Lipinski definition) is 1. The number of rotatable bonds is 2. The van der Waals surface area contributed by atoms with Gasteiger partial charge in [-0.2, -0.15) is 0 Å². The number of carbonyl (C=O) groups is 2. The molecule has 0 amide bonds. The van der Waals surface area contributed by atoms with Crippen LogP contribution in [0.2, 0.25) is 0 Å². The van der Waals surface area contributed by atoms with Gasteiger partial charge in [0.1, 0.15) is 5.69 Å². The summed E-state index contributed by atoms with van der Waals surface area (Å²) in [5, 5.41) is 0.648. The van der Waals surface area contributed by atoms with E-state index in [1.165, 1.54) is 14.2 Å². The van der Waals surface area contributed by atoms with Gasteiger partial charge in [0.15, 0.2) is 0 Å². The number of benzene rings is 1. The quantitative estimate of drug-likeness (QED) is 0.863. The lowest BCUT2D eigenvalue weighted by atomic mass is 9.85. The maximum atomic E-state index is 12.0. The monoisotopic (exact) mass is 289 g/mol. The lowest BCUT2D eigenvalue weighted by Gasteiger charge is -2.20. The third-order valence-electron chi connectivity index (χ3n) is 3.41. The summed E-state index contributed by atoms with van der Waals surface area (Å²) in [4.78, 5) is 26.6. The van der Waals surface area contributed by atoms with Crippen molar-refractivity contribution in [2.24, 2.45) is 0 Å². The first-order valence-electron chi connectivity index (χ1n) is 6.62. The molecule has 0 fully saturated rings. The average molecular weight is 289 g/mol. The van der Waals surface area contributed by atoms with Crippen molar-refractivity contribution in [3.63, 3.8) is 0 Å². The first kappa shape index (κ1) is 15.1. The number of carbonyl (C=O) groups excluding carboxylic acids is 2. The predicted octanol–water partition coefficient (Wildman–Crippen LogP) is 3.04. The maximum absolute atomic E-state index is 12.0. The van der Waals surface area contributed by atoms with E-state index in [0.29, 0.717) is 22.2 Å². The van der Waals surface area contributed by atoms with Crippen LogP contribution in [0.15, 0.2) is 18.2 Å². The summed E-state index contributed by atoms with van der Waals surface area (Å²) in [6, 6.07) is 5.36. The van der Waals surface area contributed by atoms with Crippen molar-refractivity contribution in [2.45, 2.75) is 26.2 Å². The Hall–Kier alpha value is -2.30. The Bertz CT molecular complexity index is 707. The SMILES string of the molecule is COC(=O)c1cc2c(C(=O)OC)cc(C(C)(C)C)cc2[nH]1. The highest BCUT2D eigenvalue weighted by molar-refractivity contribution is 6.06. The molecule has 2 aromatic rings. The van der Waals surface area contributed by atoms with E-state index in [1.54, 1.807) is 6.07 Å². The molecule has 0 atom stereocenters. The van der Waals surface area contributed by atoms with E-state index in [0.717, 1.165) is 5.56 Å². The molecule has 0 saturated carbocycles. The van der Waals surface area contributed by atoms with Crippen molar-refractivity contribution in [3.8, 4) is 0 Å². The van der Waals surface area contributed by atoms with Gasteiger partial charge in [0.25, 0.3) is 0 Å². The molecule has 0 aliphatic carbocycles. The Morgan fingerprint density at radius 1 is 1.00 bits per heavy atom. The highest BCUT2D eigenvalue weighted by Crippen LogP contribution is 2.30. The third kappa shape index (κ3) is 2.77. The molecule has 0 unspecified atom stereocenters. The van der Waals surface area contributed by atoms with Crippen molar-refractivity contribution in [2.75, 3.05) is 14.2 Å². The molecule has 5 heteroatoms. The standard InChI is InChI=1S/C16H19NO4/c1-16(2,3)9-6-11(14(18)20-4)10-8-13(15(19)21-5)17-12(10)7-9/h6-8,17H,1-5H3. The average Bonchev–Trinajstić information content (AvgIpc) is 2.87. The number of aromatic nitrogens is 1. The number of ether oxygens (including phenoxy) is 2. The molecule has 1 aromatic heterocycles. The highest BCUT2D eigenvalue weighted by atomic mass is 16.5. The number of hydrogen-bond acceptors (Lipinski definition) is 4. The number of fused-ring (bicyclic) bond motifs is 1. The van der Waals surface area contributed by atoms with Crippen LogP contribution in [0.1, 0.15) is 47.2 Å². The molecule has 0 aliphatic rings. The third-order valence-corrected chi connectivity index (χ3v) is 3.41. The van der Waals surface area contributed by atoms with Crippen LogP contribution in [0, 0.1) is 0 Å². The summed E-state index contributed by atoms with van der Waals surface area (Å²) in [6.07, 6.45) is 0. The molecule has 21 heavy (non-hydrogen) atoms. The fourth-order valence-electron chi connectivity index (χ4n) is 2.17. The highest BCUT2D eigenvalue weighted by Gasteiger charge is 2.21. The normalized spacial score (nSPS) is 11.5. The zero-order valence-corrected chi connectivity index (χ0v) is 12.9. The van der Waals surface area contributed by atoms with Crippen LogP contribution >= 0.6 is 0 Å². The molecule has 1 N–H and O–H groups in total. The Morgan fingerprint density at radius 3 is 2.14 bits per heavy atom. The predicted molar refractivity (Wildman–Crippen MR) is 79.7 cm³/mol. The van der Waals surface area contributed by atoms with E-state index < -0.39 is 11.9 Å². The summed E-state index contributed by atoms with van der Waals surface area (Å²) in [6.45, 7) is 6.16. The number of H-pyrrole nitrogens is 1. The lowest BCUT2D eigenvalue weighted by Crippen LogP contribution is -2.13. The second-order valence-electron chi connectivity index (χ2n) is 5.90. The summed E-state index contributed by atoms with van der Waals surface area (Å²) in [5.74, 6) is -0.902. The van der Waals surface area contributed by atoms with Gasteiger partial charge < -0.3 is 14.5 Å². The fraction of sp³-hybridized carbons (Fsp3) is 0.375. The molecule has 1 aromatic carbocycles. The minimum atomic E-state index is -0.473. The Morgan fingerprint density at radius 2 is 1.62 bits per heavy atom. The summed E-state index contributed by atoms with van der Waals surface area (Å²) >= 11 is 0. The van der Waals surface area contributed by atoms with E-state index in [9.17, 15) is 9.59 Å². The number of nitrogens with one attached hydrogen (secondary N) is 1. The van der Waals surface area contributed by atoms with Gasteiger partial charge in [0.2, 0.25) is 0 Å². The van der Waals surface area contributed by atoms with E-state index in [1.807, 2.05) is 12.1 Å².